The van der Waals surface area contributed by atoms with Crippen molar-refractivity contribution in [3.05, 3.63) is 69.3 Å². The van der Waals surface area contributed by atoms with Gasteiger partial charge in [0.1, 0.15) is 0 Å². The summed E-state index contributed by atoms with van der Waals surface area (Å²) < 4.78 is 26.6. The van der Waals surface area contributed by atoms with Crippen LogP contribution in [0.1, 0.15) is 21.5 Å². The molecule has 8 nitrogen and oxygen atoms in total. The van der Waals surface area contributed by atoms with Gasteiger partial charge >= 0.3 is 0 Å². The van der Waals surface area contributed by atoms with Crippen LogP contribution in [0.25, 0.3) is 0 Å². The molecule has 1 N–H and O–H groups in total. The van der Waals surface area contributed by atoms with E-state index in [0.29, 0.717) is 24.2 Å². The lowest BCUT2D eigenvalue weighted by Gasteiger charge is -2.19. The molecule has 1 aliphatic rings. The van der Waals surface area contributed by atoms with E-state index in [2.05, 4.69) is 5.32 Å². The predicted octanol–water partition coefficient (Wildman–Crippen LogP) is 2.03. The van der Waals surface area contributed by atoms with Gasteiger partial charge in [0.2, 0.25) is 10.0 Å². The number of fused-ring (bicyclic) bond motifs is 1. The molecule has 0 aliphatic carbocycles. The first kappa shape index (κ1) is 18.8. The normalized spacial score (nSPS) is 13.3. The Kier molecular flexibility index (Phi) is 5.13. The van der Waals surface area contributed by atoms with Gasteiger partial charge in [0, 0.05) is 30.3 Å². The number of hydrogen-bond acceptors (Lipinski definition) is 5. The first-order valence-electron chi connectivity index (χ1n) is 8.41. The Morgan fingerprint density at radius 3 is 2.70 bits per heavy atom. The maximum atomic E-state index is 12.6. The Balaban J connectivity index is 1.62. The second-order valence-electron chi connectivity index (χ2n) is 6.28. The standard InChI is InChI=1S/C18H19N3O5S/c1-13-12-15(6-7-16(13)21(23)24)18(22)19-9-11-27(25,26)20-10-8-14-4-2-3-5-17(14)20/h2-7,12H,8-11H2,1H3,(H,19,22). The SMILES string of the molecule is Cc1cc(C(=O)NCCS(=O)(=O)N2CCc3ccccc32)ccc1[N+](=O)[O-]. The highest BCUT2D eigenvalue weighted by Crippen LogP contribution is 2.29. The number of aryl methyl sites for hydroxylation is 1. The fourth-order valence-corrected chi connectivity index (χ4v) is 4.53. The third-order valence-corrected chi connectivity index (χ3v) is 6.25. The number of nitrogens with zero attached hydrogens (tertiary/aromatic N) is 2. The van der Waals surface area contributed by atoms with E-state index in [1.807, 2.05) is 12.1 Å². The van der Waals surface area contributed by atoms with Crippen LogP contribution in [-0.4, -0.2) is 38.1 Å². The van der Waals surface area contributed by atoms with Crippen LogP contribution in [0.3, 0.4) is 0 Å². The number of carbonyl (C=O) groups excluding carboxylic acids is 1. The van der Waals surface area contributed by atoms with Crippen molar-refractivity contribution in [1.29, 1.82) is 0 Å². The quantitative estimate of drug-likeness (QED) is 0.600. The summed E-state index contributed by atoms with van der Waals surface area (Å²) in [5, 5.41) is 13.4. The van der Waals surface area contributed by atoms with Crippen LogP contribution in [0.15, 0.2) is 42.5 Å². The average molecular weight is 389 g/mol. The lowest BCUT2D eigenvalue weighted by molar-refractivity contribution is -0.385. The molecule has 0 aromatic heterocycles. The summed E-state index contributed by atoms with van der Waals surface area (Å²) in [7, 11) is -3.55. The third-order valence-electron chi connectivity index (χ3n) is 4.48. The summed E-state index contributed by atoms with van der Waals surface area (Å²) in [5.41, 5.74) is 2.24. The molecule has 0 fully saturated rings. The summed E-state index contributed by atoms with van der Waals surface area (Å²) in [6.45, 7) is 1.90. The fraction of sp³-hybridized carbons (Fsp3) is 0.278. The number of benzene rings is 2. The van der Waals surface area contributed by atoms with Crippen molar-refractivity contribution in [1.82, 2.24) is 5.32 Å². The number of rotatable bonds is 6. The highest BCUT2D eigenvalue weighted by atomic mass is 32.2. The zero-order chi connectivity index (χ0) is 19.6. The Hall–Kier alpha value is -2.94. The Morgan fingerprint density at radius 2 is 2.00 bits per heavy atom. The molecule has 142 valence electrons. The van der Waals surface area contributed by atoms with E-state index in [9.17, 15) is 23.3 Å². The molecule has 9 heteroatoms. The maximum absolute atomic E-state index is 12.6. The highest BCUT2D eigenvalue weighted by Gasteiger charge is 2.28. The van der Waals surface area contributed by atoms with Gasteiger partial charge in [0.15, 0.2) is 0 Å². The fourth-order valence-electron chi connectivity index (χ4n) is 3.10. The predicted molar refractivity (Wildman–Crippen MR) is 101 cm³/mol. The first-order valence-corrected chi connectivity index (χ1v) is 10.0. The number of anilines is 1. The van der Waals surface area contributed by atoms with Crippen LogP contribution in [-0.2, 0) is 16.4 Å². The molecule has 0 spiro atoms. The van der Waals surface area contributed by atoms with E-state index < -0.39 is 20.9 Å². The minimum atomic E-state index is -3.55. The summed E-state index contributed by atoms with van der Waals surface area (Å²) in [6.07, 6.45) is 0.670. The Labute approximate surface area is 157 Å². The van der Waals surface area contributed by atoms with E-state index in [1.54, 1.807) is 19.1 Å². The number of nitrogens with one attached hydrogen (secondary N) is 1. The van der Waals surface area contributed by atoms with Gasteiger partial charge in [-0.25, -0.2) is 8.42 Å². The number of hydrogen-bond donors (Lipinski definition) is 1. The van der Waals surface area contributed by atoms with Crippen LogP contribution < -0.4 is 9.62 Å². The molecule has 3 rings (SSSR count). The second kappa shape index (κ2) is 7.36. The van der Waals surface area contributed by atoms with Crippen molar-refractivity contribution in [3.8, 4) is 0 Å². The molecular weight excluding hydrogens is 370 g/mol. The largest absolute Gasteiger partial charge is 0.351 e. The molecule has 27 heavy (non-hydrogen) atoms. The highest BCUT2D eigenvalue weighted by molar-refractivity contribution is 7.92. The number of carbonyl (C=O) groups is 1. The van der Waals surface area contributed by atoms with Gasteiger partial charge in [-0.1, -0.05) is 18.2 Å². The van der Waals surface area contributed by atoms with Gasteiger partial charge in [0.25, 0.3) is 11.6 Å². The van der Waals surface area contributed by atoms with E-state index in [-0.39, 0.29) is 23.5 Å². The summed E-state index contributed by atoms with van der Waals surface area (Å²) in [5.74, 6) is -0.691. The van der Waals surface area contributed by atoms with Gasteiger partial charge in [-0.05, 0) is 37.1 Å². The molecular formula is C18H19N3O5S. The zero-order valence-corrected chi connectivity index (χ0v) is 15.5. The molecule has 1 aliphatic heterocycles. The van der Waals surface area contributed by atoms with Crippen molar-refractivity contribution >= 4 is 27.3 Å². The van der Waals surface area contributed by atoms with Crippen molar-refractivity contribution < 1.29 is 18.1 Å². The summed E-state index contributed by atoms with van der Waals surface area (Å²) >= 11 is 0. The van der Waals surface area contributed by atoms with Crippen LogP contribution in [0, 0.1) is 17.0 Å². The van der Waals surface area contributed by atoms with Crippen LogP contribution in [0.4, 0.5) is 11.4 Å². The maximum Gasteiger partial charge on any atom is 0.272 e. The lowest BCUT2D eigenvalue weighted by atomic mass is 10.1. The zero-order valence-electron chi connectivity index (χ0n) is 14.7. The van der Waals surface area contributed by atoms with Crippen LogP contribution in [0.2, 0.25) is 0 Å². The number of nitro benzene ring substituents is 1. The van der Waals surface area contributed by atoms with Gasteiger partial charge < -0.3 is 5.32 Å². The molecule has 0 unspecified atom stereocenters. The topological polar surface area (TPSA) is 110 Å². The Bertz CT molecular complexity index is 1000. The van der Waals surface area contributed by atoms with Crippen molar-refractivity contribution in [2.75, 3.05) is 23.1 Å². The summed E-state index contributed by atoms with van der Waals surface area (Å²) in [6, 6.07) is 11.4. The van der Waals surface area contributed by atoms with E-state index in [0.717, 1.165) is 5.56 Å². The van der Waals surface area contributed by atoms with Crippen LogP contribution in [0.5, 0.6) is 0 Å². The molecule has 1 heterocycles. The van der Waals surface area contributed by atoms with E-state index in [1.165, 1.54) is 22.5 Å². The van der Waals surface area contributed by atoms with Crippen LogP contribution >= 0.6 is 0 Å². The van der Waals surface area contributed by atoms with Gasteiger partial charge in [-0.15, -0.1) is 0 Å². The number of para-hydroxylation sites is 1. The molecule has 0 atom stereocenters. The molecule has 0 radical (unpaired) electrons. The van der Waals surface area contributed by atoms with Gasteiger partial charge in [-0.3, -0.25) is 19.2 Å². The van der Waals surface area contributed by atoms with Gasteiger partial charge in [-0.2, -0.15) is 0 Å². The number of nitro groups is 1. The molecule has 2 aromatic carbocycles. The molecule has 0 saturated heterocycles. The first-order chi connectivity index (χ1) is 12.8. The average Bonchev–Trinajstić information content (AvgIpc) is 3.06. The minimum Gasteiger partial charge on any atom is -0.351 e. The lowest BCUT2D eigenvalue weighted by Crippen LogP contribution is -2.37. The summed E-state index contributed by atoms with van der Waals surface area (Å²) in [4.78, 5) is 22.5. The third kappa shape index (κ3) is 3.92. The monoisotopic (exact) mass is 389 g/mol. The van der Waals surface area contributed by atoms with E-state index >= 15 is 0 Å². The van der Waals surface area contributed by atoms with E-state index in [4.69, 9.17) is 0 Å². The molecule has 1 amide bonds. The minimum absolute atomic E-state index is 0.0458. The molecule has 0 saturated carbocycles. The van der Waals surface area contributed by atoms with Crippen molar-refractivity contribution in [3.63, 3.8) is 0 Å². The number of amides is 1. The number of sulfonamides is 1. The second-order valence-corrected chi connectivity index (χ2v) is 8.29. The molecule has 0 bridgehead atoms. The van der Waals surface area contributed by atoms with Gasteiger partial charge in [0.05, 0.1) is 16.4 Å². The Morgan fingerprint density at radius 1 is 1.26 bits per heavy atom. The van der Waals surface area contributed by atoms with Crippen molar-refractivity contribution in [2.45, 2.75) is 13.3 Å². The molecule has 2 aromatic rings. The smallest absolute Gasteiger partial charge is 0.272 e. The van der Waals surface area contributed by atoms with Crippen molar-refractivity contribution in [2.24, 2.45) is 0 Å².